The first-order valence-corrected chi connectivity index (χ1v) is 7.88. The first-order chi connectivity index (χ1) is 9.16. The summed E-state index contributed by atoms with van der Waals surface area (Å²) in [7, 11) is 0. The number of halogens is 3. The maximum absolute atomic E-state index is 12.4. The summed E-state index contributed by atoms with van der Waals surface area (Å²) in [5.41, 5.74) is -0.948. The van der Waals surface area contributed by atoms with Gasteiger partial charge in [0.15, 0.2) is 0 Å². The van der Waals surface area contributed by atoms with Crippen molar-refractivity contribution in [1.82, 2.24) is 5.32 Å². The van der Waals surface area contributed by atoms with Crippen molar-refractivity contribution in [3.8, 4) is 0 Å². The van der Waals surface area contributed by atoms with Crippen LogP contribution in [0.5, 0.6) is 0 Å². The molecule has 0 aliphatic carbocycles. The third-order valence-corrected chi connectivity index (χ3v) is 4.60. The number of rotatable bonds is 1. The maximum atomic E-state index is 12.4. The van der Waals surface area contributed by atoms with Crippen LogP contribution in [-0.2, 0) is 9.59 Å². The topological polar surface area (TPSA) is 66.5 Å². The molecule has 106 valence electrons. The zero-order valence-electron chi connectivity index (χ0n) is 10.5. The molecule has 1 heterocycles. The van der Waals surface area contributed by atoms with Crippen LogP contribution in [0.25, 0.3) is 0 Å². The lowest BCUT2D eigenvalue weighted by molar-refractivity contribution is -0.140. The van der Waals surface area contributed by atoms with Gasteiger partial charge in [0.25, 0.3) is 0 Å². The average Bonchev–Trinajstić information content (AvgIpc) is 2.30. The fourth-order valence-electron chi connectivity index (χ4n) is 1.73. The first-order valence-electron chi connectivity index (χ1n) is 5.50. The van der Waals surface area contributed by atoms with E-state index in [0.29, 0.717) is 14.6 Å². The van der Waals surface area contributed by atoms with Crippen molar-refractivity contribution in [2.75, 3.05) is 4.90 Å². The van der Waals surface area contributed by atoms with Crippen LogP contribution in [0.1, 0.15) is 13.8 Å². The fraction of sp³-hybridized carbons (Fsp3) is 0.250. The summed E-state index contributed by atoms with van der Waals surface area (Å²) < 4.78 is 1.88. The molecule has 1 aliphatic heterocycles. The lowest BCUT2D eigenvalue weighted by Gasteiger charge is -2.35. The van der Waals surface area contributed by atoms with E-state index in [2.05, 4.69) is 53.1 Å². The SMILES string of the molecule is CC1(C)C(=O)NC(=O)N(c2c(Br)cc(Br)cc2Br)C1=O. The summed E-state index contributed by atoms with van der Waals surface area (Å²) in [5, 5.41) is 2.19. The van der Waals surface area contributed by atoms with Crippen molar-refractivity contribution < 1.29 is 14.4 Å². The highest BCUT2D eigenvalue weighted by Gasteiger charge is 2.48. The largest absolute Gasteiger partial charge is 0.335 e. The highest BCUT2D eigenvalue weighted by molar-refractivity contribution is 9.11. The van der Waals surface area contributed by atoms with Crippen LogP contribution < -0.4 is 10.2 Å². The quantitative estimate of drug-likeness (QED) is 0.641. The molecule has 1 aromatic rings. The highest BCUT2D eigenvalue weighted by atomic mass is 79.9. The van der Waals surface area contributed by atoms with E-state index in [1.54, 1.807) is 12.1 Å². The van der Waals surface area contributed by atoms with Crippen LogP contribution in [-0.4, -0.2) is 17.8 Å². The van der Waals surface area contributed by atoms with Crippen molar-refractivity contribution in [2.24, 2.45) is 5.41 Å². The van der Waals surface area contributed by atoms with Crippen molar-refractivity contribution in [3.63, 3.8) is 0 Å². The molecule has 5 nitrogen and oxygen atoms in total. The molecule has 0 bridgehead atoms. The van der Waals surface area contributed by atoms with Gasteiger partial charge in [-0.05, 0) is 57.8 Å². The normalized spacial score (nSPS) is 18.2. The first kappa shape index (κ1) is 15.7. The van der Waals surface area contributed by atoms with Crippen LogP contribution in [0.3, 0.4) is 0 Å². The second-order valence-electron chi connectivity index (χ2n) is 4.74. The van der Waals surface area contributed by atoms with Crippen LogP contribution in [0.15, 0.2) is 25.6 Å². The van der Waals surface area contributed by atoms with Crippen LogP contribution in [0.2, 0.25) is 0 Å². The predicted molar refractivity (Wildman–Crippen MR) is 84.3 cm³/mol. The molecule has 8 heteroatoms. The molecule has 0 aromatic heterocycles. The lowest BCUT2D eigenvalue weighted by Crippen LogP contribution is -2.62. The summed E-state index contributed by atoms with van der Waals surface area (Å²) in [6.45, 7) is 2.95. The maximum Gasteiger partial charge on any atom is 0.335 e. The van der Waals surface area contributed by atoms with Gasteiger partial charge in [0.05, 0.1) is 5.69 Å². The number of nitrogens with zero attached hydrogens (tertiary/aromatic N) is 1. The average molecular weight is 469 g/mol. The Bertz CT molecular complexity index is 620. The monoisotopic (exact) mass is 466 g/mol. The van der Waals surface area contributed by atoms with Gasteiger partial charge in [-0.1, -0.05) is 15.9 Å². The zero-order chi connectivity index (χ0) is 15.2. The van der Waals surface area contributed by atoms with Crippen molar-refractivity contribution in [1.29, 1.82) is 0 Å². The number of nitrogens with one attached hydrogen (secondary N) is 1. The minimum absolute atomic E-state index is 0.358. The Morgan fingerprint density at radius 3 is 2.05 bits per heavy atom. The fourth-order valence-corrected chi connectivity index (χ4v) is 4.34. The van der Waals surface area contributed by atoms with Gasteiger partial charge >= 0.3 is 6.03 Å². The summed E-state index contributed by atoms with van der Waals surface area (Å²) >= 11 is 9.96. The third kappa shape index (κ3) is 2.44. The van der Waals surface area contributed by atoms with Crippen molar-refractivity contribution >= 4 is 71.3 Å². The molecule has 0 spiro atoms. The number of hydrogen-bond acceptors (Lipinski definition) is 3. The Morgan fingerprint density at radius 2 is 1.55 bits per heavy atom. The van der Waals surface area contributed by atoms with Crippen molar-refractivity contribution in [2.45, 2.75) is 13.8 Å². The van der Waals surface area contributed by atoms with Gasteiger partial charge in [0, 0.05) is 13.4 Å². The van der Waals surface area contributed by atoms with Crippen LogP contribution in [0, 0.1) is 5.41 Å². The summed E-state index contributed by atoms with van der Waals surface area (Å²) in [4.78, 5) is 37.1. The number of anilines is 1. The Labute approximate surface area is 140 Å². The number of urea groups is 1. The van der Waals surface area contributed by atoms with Crippen LogP contribution in [0.4, 0.5) is 10.5 Å². The van der Waals surface area contributed by atoms with Gasteiger partial charge in [-0.3, -0.25) is 14.9 Å². The summed E-state index contributed by atoms with van der Waals surface area (Å²) in [6.07, 6.45) is 0. The minimum Gasteiger partial charge on any atom is -0.276 e. The Kier molecular flexibility index (Phi) is 4.10. The molecule has 2 rings (SSSR count). The zero-order valence-corrected chi connectivity index (χ0v) is 15.2. The lowest BCUT2D eigenvalue weighted by atomic mass is 9.88. The number of barbiturate groups is 1. The second kappa shape index (κ2) is 5.23. The molecule has 0 unspecified atom stereocenters. The van der Waals surface area contributed by atoms with Gasteiger partial charge in [-0.25, -0.2) is 9.69 Å². The second-order valence-corrected chi connectivity index (χ2v) is 7.37. The van der Waals surface area contributed by atoms with E-state index < -0.39 is 23.3 Å². The number of imide groups is 2. The van der Waals surface area contributed by atoms with E-state index in [4.69, 9.17) is 0 Å². The molecular weight excluding hydrogens is 460 g/mol. The van der Waals surface area contributed by atoms with Gasteiger partial charge < -0.3 is 0 Å². The van der Waals surface area contributed by atoms with E-state index in [1.807, 2.05) is 0 Å². The number of carbonyl (C=O) groups excluding carboxylic acids is 3. The minimum atomic E-state index is -1.31. The molecule has 0 atom stereocenters. The number of amides is 4. The molecule has 0 saturated carbocycles. The molecule has 1 aliphatic rings. The van der Waals surface area contributed by atoms with E-state index in [9.17, 15) is 14.4 Å². The summed E-state index contributed by atoms with van der Waals surface area (Å²) in [5.74, 6) is -1.18. The van der Waals surface area contributed by atoms with E-state index in [1.165, 1.54) is 13.8 Å². The predicted octanol–water partition coefficient (Wildman–Crippen LogP) is 3.58. The molecule has 0 radical (unpaired) electrons. The molecule has 1 saturated heterocycles. The molecule has 1 aromatic carbocycles. The highest BCUT2D eigenvalue weighted by Crippen LogP contribution is 2.40. The van der Waals surface area contributed by atoms with E-state index in [-0.39, 0.29) is 0 Å². The molecule has 20 heavy (non-hydrogen) atoms. The van der Waals surface area contributed by atoms with Gasteiger partial charge in [0.1, 0.15) is 5.41 Å². The Balaban J connectivity index is 2.60. The third-order valence-electron chi connectivity index (χ3n) is 2.93. The molecule has 1 fully saturated rings. The standard InChI is InChI=1S/C12H9Br3N2O3/c1-12(2)9(18)16-11(20)17(10(12)19)8-6(14)3-5(13)4-7(8)15/h3-4H,1-2H3,(H,16,18,20). The molecule has 1 N–H and O–H groups in total. The van der Waals surface area contributed by atoms with Gasteiger partial charge in [0.2, 0.25) is 11.8 Å². The van der Waals surface area contributed by atoms with E-state index >= 15 is 0 Å². The number of hydrogen-bond donors (Lipinski definition) is 1. The Morgan fingerprint density at radius 1 is 1.05 bits per heavy atom. The number of benzene rings is 1. The molecular formula is C12H9Br3N2O3. The van der Waals surface area contributed by atoms with Gasteiger partial charge in [-0.15, -0.1) is 0 Å². The summed E-state index contributed by atoms with van der Waals surface area (Å²) in [6, 6.07) is 2.66. The number of carbonyl (C=O) groups is 3. The Hall–Kier alpha value is -0.730. The van der Waals surface area contributed by atoms with Crippen molar-refractivity contribution in [3.05, 3.63) is 25.6 Å². The van der Waals surface area contributed by atoms with E-state index in [0.717, 1.165) is 9.37 Å². The smallest absolute Gasteiger partial charge is 0.276 e. The molecule has 4 amide bonds. The van der Waals surface area contributed by atoms with Gasteiger partial charge in [-0.2, -0.15) is 0 Å². The van der Waals surface area contributed by atoms with Crippen LogP contribution >= 0.6 is 47.8 Å².